The number of rotatable bonds is 6. The van der Waals surface area contributed by atoms with Gasteiger partial charge in [0, 0.05) is 55.5 Å². The minimum Gasteiger partial charge on any atom is -0.507 e. The molecule has 2 aromatic carbocycles. The molecule has 0 bridgehead atoms. The maximum Gasteiger partial charge on any atom is 0.300 e. The Labute approximate surface area is 226 Å². The number of aliphatic hydroxyl groups is 1. The highest BCUT2D eigenvalue weighted by Gasteiger charge is 2.47. The van der Waals surface area contributed by atoms with Crippen molar-refractivity contribution in [1.29, 1.82) is 0 Å². The molecule has 2 aliphatic rings. The van der Waals surface area contributed by atoms with Crippen LogP contribution in [0.3, 0.4) is 0 Å². The number of nitrogens with zero attached hydrogens (tertiary/aromatic N) is 4. The molecule has 2 aliphatic heterocycles. The molecule has 196 valence electrons. The van der Waals surface area contributed by atoms with Crippen molar-refractivity contribution in [2.24, 2.45) is 0 Å². The molecule has 2 fully saturated rings. The minimum absolute atomic E-state index is 0.0418. The van der Waals surface area contributed by atoms with Crippen LogP contribution in [0.5, 0.6) is 5.75 Å². The second-order valence-electron chi connectivity index (χ2n) is 9.33. The van der Waals surface area contributed by atoms with Crippen molar-refractivity contribution in [2.75, 3.05) is 49.6 Å². The predicted molar refractivity (Wildman–Crippen MR) is 148 cm³/mol. The van der Waals surface area contributed by atoms with Crippen LogP contribution in [-0.4, -0.2) is 66.5 Å². The number of aliphatic hydroxyl groups excluding tert-OH is 1. The summed E-state index contributed by atoms with van der Waals surface area (Å²) in [5, 5.41) is 11.7. The van der Waals surface area contributed by atoms with Crippen LogP contribution in [-0.2, 0) is 9.59 Å². The average molecular weight is 533 g/mol. The van der Waals surface area contributed by atoms with E-state index in [1.165, 1.54) is 4.90 Å². The van der Waals surface area contributed by atoms with Gasteiger partial charge < -0.3 is 19.6 Å². The Morgan fingerprint density at radius 2 is 1.66 bits per heavy atom. The van der Waals surface area contributed by atoms with Crippen molar-refractivity contribution >= 4 is 40.4 Å². The lowest BCUT2D eigenvalue weighted by Gasteiger charge is -2.34. The number of Topliss-reactive ketones (excluding diaryl/α,β-unsaturated/α-hetero) is 1. The first-order valence-corrected chi connectivity index (χ1v) is 12.9. The molecule has 8 nitrogen and oxygen atoms in total. The number of carbonyl (C=O) groups is 2. The summed E-state index contributed by atoms with van der Waals surface area (Å²) in [5.41, 5.74) is 2.43. The summed E-state index contributed by atoms with van der Waals surface area (Å²) in [5.74, 6) is -1.37. The molecular formula is C29H29ClN4O4. The maximum atomic E-state index is 13.5. The SMILES string of the molecule is CCOc1ccc(Cl)c(/C(O)=C2\C(=O)C(=O)N(c3ccc(N4CCN(C)CC4)cc3)C2c2ccncc2)c1. The molecule has 2 saturated heterocycles. The highest BCUT2D eigenvalue weighted by molar-refractivity contribution is 6.52. The number of amides is 1. The topological polar surface area (TPSA) is 86.2 Å². The zero-order valence-electron chi connectivity index (χ0n) is 21.3. The van der Waals surface area contributed by atoms with E-state index >= 15 is 0 Å². The fraction of sp³-hybridized carbons (Fsp3) is 0.276. The number of hydrogen-bond acceptors (Lipinski definition) is 7. The number of ketones is 1. The molecule has 0 radical (unpaired) electrons. The highest BCUT2D eigenvalue weighted by Crippen LogP contribution is 2.43. The monoisotopic (exact) mass is 532 g/mol. The minimum atomic E-state index is -0.862. The smallest absolute Gasteiger partial charge is 0.300 e. The Kier molecular flexibility index (Phi) is 7.35. The van der Waals surface area contributed by atoms with E-state index < -0.39 is 17.7 Å². The molecule has 5 rings (SSSR count). The van der Waals surface area contributed by atoms with Crippen molar-refractivity contribution in [2.45, 2.75) is 13.0 Å². The van der Waals surface area contributed by atoms with Gasteiger partial charge in [-0.3, -0.25) is 19.5 Å². The molecular weight excluding hydrogens is 504 g/mol. The van der Waals surface area contributed by atoms with Gasteiger partial charge >= 0.3 is 0 Å². The number of benzene rings is 2. The lowest BCUT2D eigenvalue weighted by Crippen LogP contribution is -2.44. The Morgan fingerprint density at radius 3 is 2.32 bits per heavy atom. The fourth-order valence-corrected chi connectivity index (χ4v) is 5.14. The first-order chi connectivity index (χ1) is 18.4. The van der Waals surface area contributed by atoms with Crippen molar-refractivity contribution in [3.8, 4) is 5.75 Å². The van der Waals surface area contributed by atoms with E-state index in [4.69, 9.17) is 16.3 Å². The quantitative estimate of drug-likeness (QED) is 0.284. The predicted octanol–water partition coefficient (Wildman–Crippen LogP) is 4.51. The summed E-state index contributed by atoms with van der Waals surface area (Å²) in [7, 11) is 2.11. The molecule has 0 saturated carbocycles. The van der Waals surface area contributed by atoms with Crippen LogP contribution in [0.4, 0.5) is 11.4 Å². The molecule has 38 heavy (non-hydrogen) atoms. The van der Waals surface area contributed by atoms with Gasteiger partial charge in [0.2, 0.25) is 0 Å². The third-order valence-corrected chi connectivity index (χ3v) is 7.30. The molecule has 1 unspecified atom stereocenters. The molecule has 0 spiro atoms. The molecule has 1 atom stereocenters. The van der Waals surface area contributed by atoms with Crippen molar-refractivity contribution in [3.05, 3.63) is 88.7 Å². The van der Waals surface area contributed by atoms with Crippen molar-refractivity contribution in [1.82, 2.24) is 9.88 Å². The standard InChI is InChI=1S/C29H29ClN4O4/c1-3-38-22-8-9-24(30)23(18-22)27(35)25-26(19-10-12-31-13-11-19)34(29(37)28(25)36)21-6-4-20(5-7-21)33-16-14-32(2)15-17-33/h4-13,18,26,35H,3,14-17H2,1-2H3/b27-25+. The number of pyridine rings is 1. The Hall–Kier alpha value is -3.88. The van der Waals surface area contributed by atoms with Gasteiger partial charge in [-0.25, -0.2) is 0 Å². The molecule has 0 aliphatic carbocycles. The maximum absolute atomic E-state index is 13.5. The number of halogens is 1. The second kappa shape index (κ2) is 10.8. The van der Waals surface area contributed by atoms with Gasteiger partial charge in [-0.05, 0) is 74.1 Å². The van der Waals surface area contributed by atoms with Gasteiger partial charge in [0.05, 0.1) is 23.2 Å². The average Bonchev–Trinajstić information content (AvgIpc) is 3.20. The number of anilines is 2. The van der Waals surface area contributed by atoms with Gasteiger partial charge in [0.25, 0.3) is 11.7 Å². The van der Waals surface area contributed by atoms with Gasteiger partial charge in [0.1, 0.15) is 11.5 Å². The van der Waals surface area contributed by atoms with Crippen molar-refractivity contribution in [3.63, 3.8) is 0 Å². The number of carbonyl (C=O) groups excluding carboxylic acids is 2. The van der Waals surface area contributed by atoms with E-state index in [0.29, 0.717) is 23.6 Å². The van der Waals surface area contributed by atoms with E-state index in [1.54, 1.807) is 42.7 Å². The summed E-state index contributed by atoms with van der Waals surface area (Å²) in [6.07, 6.45) is 3.18. The third-order valence-electron chi connectivity index (χ3n) is 6.97. The normalized spacial score (nSPS) is 19.7. The molecule has 3 aromatic rings. The van der Waals surface area contributed by atoms with Crippen LogP contribution in [0.1, 0.15) is 24.1 Å². The Bertz CT molecular complexity index is 1370. The number of aromatic nitrogens is 1. The van der Waals surface area contributed by atoms with Crippen LogP contribution in [0.25, 0.3) is 5.76 Å². The summed E-state index contributed by atoms with van der Waals surface area (Å²) >= 11 is 6.42. The lowest BCUT2D eigenvalue weighted by molar-refractivity contribution is -0.132. The summed E-state index contributed by atoms with van der Waals surface area (Å²) < 4.78 is 5.56. The van der Waals surface area contributed by atoms with Gasteiger partial charge in [-0.2, -0.15) is 0 Å². The molecule has 1 amide bonds. The van der Waals surface area contributed by atoms with Gasteiger partial charge in [-0.1, -0.05) is 11.6 Å². The number of likely N-dealkylation sites (N-methyl/N-ethyl adjacent to an activating group) is 1. The zero-order chi connectivity index (χ0) is 26.8. The van der Waals surface area contributed by atoms with Gasteiger partial charge in [0.15, 0.2) is 0 Å². The van der Waals surface area contributed by atoms with Crippen LogP contribution in [0, 0.1) is 0 Å². The first-order valence-electron chi connectivity index (χ1n) is 12.6. The van der Waals surface area contributed by atoms with E-state index in [1.807, 2.05) is 31.2 Å². The molecule has 1 aromatic heterocycles. The first kappa shape index (κ1) is 25.8. The molecule has 3 heterocycles. The van der Waals surface area contributed by atoms with E-state index in [-0.39, 0.29) is 21.9 Å². The number of hydrogen-bond donors (Lipinski definition) is 1. The van der Waals surface area contributed by atoms with Crippen molar-refractivity contribution < 1.29 is 19.4 Å². The van der Waals surface area contributed by atoms with Gasteiger partial charge in [-0.15, -0.1) is 0 Å². The number of ether oxygens (including phenoxy) is 1. The summed E-state index contributed by atoms with van der Waals surface area (Å²) in [6.45, 7) is 6.06. The highest BCUT2D eigenvalue weighted by atomic mass is 35.5. The largest absolute Gasteiger partial charge is 0.507 e. The van der Waals surface area contributed by atoms with Crippen LogP contribution >= 0.6 is 11.6 Å². The molecule has 1 N–H and O–H groups in total. The third kappa shape index (κ3) is 4.85. The number of piperazine rings is 1. The Morgan fingerprint density at radius 1 is 1.00 bits per heavy atom. The lowest BCUT2D eigenvalue weighted by atomic mass is 9.95. The fourth-order valence-electron chi connectivity index (χ4n) is 4.94. The van der Waals surface area contributed by atoms with E-state index in [0.717, 1.165) is 31.9 Å². The summed E-state index contributed by atoms with van der Waals surface area (Å²) in [4.78, 5) is 37.0. The second-order valence-corrected chi connectivity index (χ2v) is 9.74. The zero-order valence-corrected chi connectivity index (χ0v) is 22.1. The molecule has 9 heteroatoms. The summed E-state index contributed by atoms with van der Waals surface area (Å²) in [6, 6.07) is 15.1. The van der Waals surface area contributed by atoms with E-state index in [2.05, 4.69) is 21.8 Å². The van der Waals surface area contributed by atoms with Crippen LogP contribution in [0.2, 0.25) is 5.02 Å². The van der Waals surface area contributed by atoms with E-state index in [9.17, 15) is 14.7 Å². The Balaban J connectivity index is 1.58. The van der Waals surface area contributed by atoms with Crippen LogP contribution < -0.4 is 14.5 Å². The van der Waals surface area contributed by atoms with Crippen LogP contribution in [0.15, 0.2) is 72.6 Å².